The van der Waals surface area contributed by atoms with Crippen molar-refractivity contribution in [3.8, 4) is 0 Å². The van der Waals surface area contributed by atoms with Crippen LogP contribution in [0.25, 0.3) is 0 Å². The van der Waals surface area contributed by atoms with Crippen LogP contribution in [0.4, 0.5) is 0 Å². The number of carbonyl (C=O) groups is 2. The molecule has 1 atom stereocenters. The van der Waals surface area contributed by atoms with Gasteiger partial charge in [-0.2, -0.15) is 0 Å². The second kappa shape index (κ2) is 18.2. The zero-order chi connectivity index (χ0) is 10.7. The molecule has 0 aromatic heterocycles. The fraction of sp³-hybridized carbons (Fsp3) is 0.667. The first-order valence-corrected chi connectivity index (χ1v) is 3.96. The largest absolute Gasteiger partial charge is 1.00 e. The van der Waals surface area contributed by atoms with Crippen LogP contribution in [-0.4, -0.2) is 24.9 Å². The molecule has 0 fully saturated rings. The van der Waals surface area contributed by atoms with Gasteiger partial charge in [0.15, 0.2) is 0 Å². The van der Waals surface area contributed by atoms with Crippen LogP contribution in [0.15, 0.2) is 0 Å². The summed E-state index contributed by atoms with van der Waals surface area (Å²) in [4.78, 5) is 18.9. The Labute approximate surface area is 103 Å². The van der Waals surface area contributed by atoms with Gasteiger partial charge in [0.05, 0.1) is 11.4 Å². The molecule has 0 saturated heterocycles. The maximum Gasteiger partial charge on any atom is 1.00 e. The summed E-state index contributed by atoms with van der Waals surface area (Å²) in [5.74, 6) is 0.333. The van der Waals surface area contributed by atoms with Crippen LogP contribution >= 0.6 is 0 Å². The Balaban J connectivity index is -0.0000000450. The van der Waals surface area contributed by atoms with Crippen molar-refractivity contribution in [3.63, 3.8) is 0 Å². The Bertz CT molecular complexity index is 119. The molecule has 0 saturated carbocycles. The number of hydrogen-bond donors (Lipinski definition) is 1. The third-order valence-electron chi connectivity index (χ3n) is 0. The van der Waals surface area contributed by atoms with E-state index in [1.54, 1.807) is 0 Å². The van der Waals surface area contributed by atoms with Crippen LogP contribution in [-0.2, 0) is 21.0 Å². The molecule has 0 radical (unpaired) electrons. The summed E-state index contributed by atoms with van der Waals surface area (Å²) in [6.07, 6.45) is 0. The molecule has 0 rings (SSSR count). The molecular formula is C6H13NaO5S. The third kappa shape index (κ3) is 8000. The van der Waals surface area contributed by atoms with Crippen LogP contribution < -0.4 is 29.6 Å². The van der Waals surface area contributed by atoms with Crippen LogP contribution in [0.1, 0.15) is 27.7 Å². The predicted octanol–water partition coefficient (Wildman–Crippen LogP) is -2.47. The normalized spacial score (nSPS) is 8.77. The van der Waals surface area contributed by atoms with Crippen molar-refractivity contribution in [1.29, 1.82) is 0 Å². The van der Waals surface area contributed by atoms with Crippen molar-refractivity contribution in [2.45, 2.75) is 27.7 Å². The van der Waals surface area contributed by atoms with E-state index >= 15 is 0 Å². The van der Waals surface area contributed by atoms with Crippen LogP contribution in [0.3, 0.4) is 0 Å². The smallest absolute Gasteiger partial charge is 0.750 e. The topological polar surface area (TPSA) is 94.5 Å². The van der Waals surface area contributed by atoms with Gasteiger partial charge in [0.2, 0.25) is 0 Å². The molecule has 1 N–H and O–H groups in total. The Hall–Kier alpha value is 0.410. The van der Waals surface area contributed by atoms with Gasteiger partial charge in [-0.25, -0.2) is 4.21 Å². The van der Waals surface area contributed by atoms with E-state index in [0.717, 1.165) is 0 Å². The molecule has 0 spiro atoms. The molecular weight excluding hydrogens is 207 g/mol. The molecule has 0 heterocycles. The fourth-order valence-corrected chi connectivity index (χ4v) is 0. The number of Topliss-reactive ketones (excluding diaryl/α,β-unsaturated/α-hetero) is 2. The van der Waals surface area contributed by atoms with E-state index in [-0.39, 0.29) is 41.1 Å². The Morgan fingerprint density at radius 3 is 1.08 bits per heavy atom. The first-order chi connectivity index (χ1) is 5.20. The molecule has 0 aliphatic heterocycles. The number of hydrogen-bond acceptors (Lipinski definition) is 4. The zero-order valence-electron chi connectivity index (χ0n) is 8.49. The molecule has 5 nitrogen and oxygen atoms in total. The summed E-state index contributed by atoms with van der Waals surface area (Å²) in [6.45, 7) is 6.11. The summed E-state index contributed by atoms with van der Waals surface area (Å²) >= 11 is -2.86. The Kier molecular flexibility index (Phi) is 32.7. The zero-order valence-corrected chi connectivity index (χ0v) is 11.3. The molecule has 0 aliphatic carbocycles. The molecule has 0 aliphatic rings. The van der Waals surface area contributed by atoms with Crippen LogP contribution in [0.2, 0.25) is 0 Å². The molecule has 13 heavy (non-hydrogen) atoms. The average molecular weight is 220 g/mol. The van der Waals surface area contributed by atoms with Crippen LogP contribution in [0, 0.1) is 0 Å². The van der Waals surface area contributed by atoms with E-state index in [4.69, 9.17) is 13.3 Å². The maximum atomic E-state index is 9.44. The van der Waals surface area contributed by atoms with Crippen molar-refractivity contribution in [1.82, 2.24) is 0 Å². The van der Waals surface area contributed by atoms with Crippen LogP contribution in [0.5, 0.6) is 0 Å². The fourth-order valence-electron chi connectivity index (χ4n) is 0. The van der Waals surface area contributed by atoms with Gasteiger partial charge in [0.25, 0.3) is 0 Å². The minimum atomic E-state index is -2.86. The number of rotatable bonds is 0. The average Bonchev–Trinajstić information content (AvgIpc) is 1.54. The van der Waals surface area contributed by atoms with Crippen molar-refractivity contribution < 1.29 is 52.5 Å². The van der Waals surface area contributed by atoms with Gasteiger partial charge in [-0.15, -0.1) is 0 Å². The summed E-state index contributed by atoms with van der Waals surface area (Å²) in [5, 5.41) is 0. The molecule has 0 aromatic carbocycles. The summed E-state index contributed by atoms with van der Waals surface area (Å²) in [6, 6.07) is 0. The van der Waals surface area contributed by atoms with Gasteiger partial charge >= 0.3 is 29.6 Å². The second-order valence-electron chi connectivity index (χ2n) is 2.03. The van der Waals surface area contributed by atoms with Gasteiger partial charge in [-0.3, -0.25) is 0 Å². The Morgan fingerprint density at radius 1 is 1.08 bits per heavy atom. The van der Waals surface area contributed by atoms with E-state index in [1.807, 2.05) is 0 Å². The molecule has 0 bridgehead atoms. The summed E-state index contributed by atoms with van der Waals surface area (Å²) < 4.78 is 24.1. The predicted molar refractivity (Wildman–Crippen MR) is 44.3 cm³/mol. The number of ketones is 2. The summed E-state index contributed by atoms with van der Waals surface area (Å²) in [7, 11) is 0. The van der Waals surface area contributed by atoms with E-state index < -0.39 is 11.4 Å². The number of carbonyl (C=O) groups excluding carboxylic acids is 2. The SMILES string of the molecule is CC(C)=O.CC(C)=O.O=S([O-])O.[Na+]. The van der Waals surface area contributed by atoms with Crippen molar-refractivity contribution in [2.75, 3.05) is 0 Å². The van der Waals surface area contributed by atoms with E-state index in [2.05, 4.69) is 0 Å². The van der Waals surface area contributed by atoms with Gasteiger partial charge in [-0.1, -0.05) is 0 Å². The minimum absolute atomic E-state index is 0. The van der Waals surface area contributed by atoms with Crippen molar-refractivity contribution in [3.05, 3.63) is 0 Å². The van der Waals surface area contributed by atoms with E-state index in [0.29, 0.717) is 0 Å². The van der Waals surface area contributed by atoms with E-state index in [1.165, 1.54) is 27.7 Å². The van der Waals surface area contributed by atoms with Gasteiger partial charge in [0.1, 0.15) is 11.6 Å². The van der Waals surface area contributed by atoms with Gasteiger partial charge < -0.3 is 18.7 Å². The minimum Gasteiger partial charge on any atom is -0.750 e. The van der Waals surface area contributed by atoms with Gasteiger partial charge in [0, 0.05) is 0 Å². The van der Waals surface area contributed by atoms with E-state index in [9.17, 15) is 9.59 Å². The summed E-state index contributed by atoms with van der Waals surface area (Å²) in [5.41, 5.74) is 0. The first-order valence-electron chi connectivity index (χ1n) is 2.92. The Morgan fingerprint density at radius 2 is 1.08 bits per heavy atom. The molecule has 74 valence electrons. The standard InChI is InChI=1S/2C3H6O.Na.H2O3S/c2*1-3(2)4;;1-4(2)3/h2*1-2H3;;(H2,1,2,3)/q;;+1;/p-1. The molecule has 0 amide bonds. The first kappa shape index (κ1) is 23.3. The third-order valence-corrected chi connectivity index (χ3v) is 0. The molecule has 0 aromatic rings. The van der Waals surface area contributed by atoms with Crippen molar-refractivity contribution >= 4 is 22.9 Å². The second-order valence-corrected chi connectivity index (χ2v) is 2.47. The monoisotopic (exact) mass is 220 g/mol. The van der Waals surface area contributed by atoms with Gasteiger partial charge in [-0.05, 0) is 27.7 Å². The maximum absolute atomic E-state index is 9.44. The molecule has 7 heteroatoms. The molecule has 1 unspecified atom stereocenters. The quantitative estimate of drug-likeness (QED) is 0.360. The van der Waals surface area contributed by atoms with Crippen molar-refractivity contribution in [2.24, 2.45) is 0 Å².